The molecule has 2 atom stereocenters. The number of carbonyl (C=O) groups is 1. The molecule has 1 amide bonds. The van der Waals surface area contributed by atoms with E-state index in [1.165, 1.54) is 4.90 Å². The molecule has 21 heavy (non-hydrogen) atoms. The zero-order valence-corrected chi connectivity index (χ0v) is 14.0. The molecule has 0 fully saturated rings. The van der Waals surface area contributed by atoms with Gasteiger partial charge in [-0.3, -0.25) is 4.79 Å². The van der Waals surface area contributed by atoms with Gasteiger partial charge in [-0.2, -0.15) is 4.98 Å². The van der Waals surface area contributed by atoms with Crippen molar-refractivity contribution in [2.45, 2.75) is 46.4 Å². The lowest BCUT2D eigenvalue weighted by Gasteiger charge is -2.21. The number of amides is 1. The molecular weight excluding hydrogens is 296 g/mol. The first-order valence-electron chi connectivity index (χ1n) is 6.81. The SMILES string of the molecule is CCOC(C)c1noc(CN(C)C(=O)[C@@H](N)C(C)C)n1.Cl. The number of hydrogen-bond donors (Lipinski definition) is 1. The van der Waals surface area contributed by atoms with Crippen molar-refractivity contribution in [1.82, 2.24) is 15.0 Å². The summed E-state index contributed by atoms with van der Waals surface area (Å²) in [5.74, 6) is 0.799. The van der Waals surface area contributed by atoms with Crippen molar-refractivity contribution in [3.05, 3.63) is 11.7 Å². The minimum atomic E-state index is -0.523. The highest BCUT2D eigenvalue weighted by Gasteiger charge is 2.23. The Bertz CT molecular complexity index is 439. The number of nitrogens with zero attached hydrogens (tertiary/aromatic N) is 3. The van der Waals surface area contributed by atoms with E-state index >= 15 is 0 Å². The van der Waals surface area contributed by atoms with Crippen LogP contribution in [-0.4, -0.2) is 40.6 Å². The van der Waals surface area contributed by atoms with Crippen molar-refractivity contribution < 1.29 is 14.1 Å². The number of halogens is 1. The van der Waals surface area contributed by atoms with Crippen molar-refractivity contribution in [1.29, 1.82) is 0 Å². The maximum Gasteiger partial charge on any atom is 0.246 e. The molecule has 0 saturated carbocycles. The summed E-state index contributed by atoms with van der Waals surface area (Å²) < 4.78 is 10.5. The normalized spacial score (nSPS) is 13.7. The highest BCUT2D eigenvalue weighted by Crippen LogP contribution is 2.13. The Morgan fingerprint density at radius 1 is 1.43 bits per heavy atom. The molecule has 0 aromatic carbocycles. The fourth-order valence-electron chi connectivity index (χ4n) is 1.64. The smallest absolute Gasteiger partial charge is 0.246 e. The Morgan fingerprint density at radius 3 is 2.57 bits per heavy atom. The van der Waals surface area contributed by atoms with Crippen LogP contribution in [0.3, 0.4) is 0 Å². The Hall–Kier alpha value is -1.18. The molecule has 122 valence electrons. The van der Waals surface area contributed by atoms with Gasteiger partial charge in [0.25, 0.3) is 0 Å². The molecule has 0 bridgehead atoms. The molecule has 0 saturated heterocycles. The highest BCUT2D eigenvalue weighted by atomic mass is 35.5. The van der Waals surface area contributed by atoms with Crippen molar-refractivity contribution in [3.8, 4) is 0 Å². The number of ether oxygens (including phenoxy) is 1. The molecule has 1 heterocycles. The third-order valence-corrected chi connectivity index (χ3v) is 3.02. The second-order valence-electron chi connectivity index (χ2n) is 5.11. The average molecular weight is 321 g/mol. The molecular formula is C13H25ClN4O3. The minimum absolute atomic E-state index is 0. The molecule has 0 aliphatic carbocycles. The lowest BCUT2D eigenvalue weighted by atomic mass is 10.0. The van der Waals surface area contributed by atoms with Crippen molar-refractivity contribution in [2.75, 3.05) is 13.7 Å². The second kappa shape index (κ2) is 8.96. The van der Waals surface area contributed by atoms with Crippen LogP contribution in [-0.2, 0) is 16.1 Å². The van der Waals surface area contributed by atoms with Gasteiger partial charge in [-0.05, 0) is 19.8 Å². The molecule has 0 spiro atoms. The summed E-state index contributed by atoms with van der Waals surface area (Å²) in [6.45, 7) is 8.38. The summed E-state index contributed by atoms with van der Waals surface area (Å²) in [5, 5.41) is 3.85. The third-order valence-electron chi connectivity index (χ3n) is 3.02. The van der Waals surface area contributed by atoms with Gasteiger partial charge in [-0.1, -0.05) is 19.0 Å². The summed E-state index contributed by atoms with van der Waals surface area (Å²) in [7, 11) is 1.67. The van der Waals surface area contributed by atoms with Gasteiger partial charge < -0.3 is 19.9 Å². The van der Waals surface area contributed by atoms with Crippen molar-refractivity contribution >= 4 is 18.3 Å². The Labute approximate surface area is 131 Å². The lowest BCUT2D eigenvalue weighted by molar-refractivity contribution is -0.133. The van der Waals surface area contributed by atoms with E-state index in [9.17, 15) is 4.79 Å². The molecule has 0 radical (unpaired) electrons. The van der Waals surface area contributed by atoms with Crippen LogP contribution in [0, 0.1) is 5.92 Å². The Kier molecular flexibility index (Phi) is 8.46. The van der Waals surface area contributed by atoms with E-state index in [0.717, 1.165) is 0 Å². The van der Waals surface area contributed by atoms with Gasteiger partial charge in [0.15, 0.2) is 5.82 Å². The van der Waals surface area contributed by atoms with Gasteiger partial charge in [0, 0.05) is 13.7 Å². The first kappa shape index (κ1) is 19.8. The summed E-state index contributed by atoms with van der Waals surface area (Å²) in [6.07, 6.45) is -0.226. The van der Waals surface area contributed by atoms with E-state index in [1.54, 1.807) is 7.05 Å². The predicted molar refractivity (Wildman–Crippen MR) is 80.9 cm³/mol. The molecule has 1 unspecified atom stereocenters. The second-order valence-corrected chi connectivity index (χ2v) is 5.11. The number of rotatable bonds is 7. The Morgan fingerprint density at radius 2 is 2.05 bits per heavy atom. The first-order chi connectivity index (χ1) is 9.36. The van der Waals surface area contributed by atoms with Crippen LogP contribution < -0.4 is 5.73 Å². The van der Waals surface area contributed by atoms with Crippen molar-refractivity contribution in [2.24, 2.45) is 11.7 Å². The molecule has 0 aliphatic rings. The van der Waals surface area contributed by atoms with Crippen molar-refractivity contribution in [3.63, 3.8) is 0 Å². The molecule has 1 aromatic rings. The monoisotopic (exact) mass is 320 g/mol. The van der Waals surface area contributed by atoms with E-state index in [0.29, 0.717) is 18.3 Å². The molecule has 2 N–H and O–H groups in total. The molecule has 1 rings (SSSR count). The number of likely N-dealkylation sites (N-methyl/N-ethyl adjacent to an activating group) is 1. The number of nitrogens with two attached hydrogens (primary N) is 1. The van der Waals surface area contributed by atoms with Gasteiger partial charge in [0.05, 0.1) is 12.6 Å². The maximum absolute atomic E-state index is 12.0. The number of aromatic nitrogens is 2. The lowest BCUT2D eigenvalue weighted by Crippen LogP contribution is -2.44. The third kappa shape index (κ3) is 5.61. The number of hydrogen-bond acceptors (Lipinski definition) is 6. The van der Waals surface area contributed by atoms with Crippen LogP contribution >= 0.6 is 12.4 Å². The quantitative estimate of drug-likeness (QED) is 0.818. The van der Waals surface area contributed by atoms with E-state index < -0.39 is 6.04 Å². The van der Waals surface area contributed by atoms with Gasteiger partial charge in [-0.15, -0.1) is 12.4 Å². The molecule has 1 aromatic heterocycles. The molecule has 7 nitrogen and oxygen atoms in total. The number of carbonyl (C=O) groups excluding carboxylic acids is 1. The predicted octanol–water partition coefficient (Wildman–Crippen LogP) is 1.53. The minimum Gasteiger partial charge on any atom is -0.371 e. The van der Waals surface area contributed by atoms with Crippen LogP contribution in [0.2, 0.25) is 0 Å². The van der Waals surface area contributed by atoms with Gasteiger partial charge in [-0.25, -0.2) is 0 Å². The fraction of sp³-hybridized carbons (Fsp3) is 0.769. The largest absolute Gasteiger partial charge is 0.371 e. The summed E-state index contributed by atoms with van der Waals surface area (Å²) in [5.41, 5.74) is 5.83. The average Bonchev–Trinajstić information content (AvgIpc) is 2.85. The van der Waals surface area contributed by atoms with Crippen LogP contribution in [0.1, 0.15) is 45.5 Å². The standard InChI is InChI=1S/C13H24N4O3.ClH/c1-6-19-9(4)12-15-10(20-16-12)7-17(5)13(18)11(14)8(2)3;/h8-9,11H,6-7,14H2,1-5H3;1H/t9?,11-;/m0./s1. The molecule has 0 aliphatic heterocycles. The summed E-state index contributed by atoms with van der Waals surface area (Å²) in [6, 6.07) is -0.523. The van der Waals surface area contributed by atoms with Crippen LogP contribution in [0.25, 0.3) is 0 Å². The van der Waals surface area contributed by atoms with E-state index in [2.05, 4.69) is 10.1 Å². The van der Waals surface area contributed by atoms with Gasteiger partial charge >= 0.3 is 0 Å². The van der Waals surface area contributed by atoms with Gasteiger partial charge in [0.2, 0.25) is 11.8 Å². The van der Waals surface area contributed by atoms with Crippen LogP contribution in [0.4, 0.5) is 0 Å². The topological polar surface area (TPSA) is 94.5 Å². The first-order valence-corrected chi connectivity index (χ1v) is 6.81. The summed E-state index contributed by atoms with van der Waals surface area (Å²) in [4.78, 5) is 17.7. The van der Waals surface area contributed by atoms with E-state index in [4.69, 9.17) is 15.0 Å². The maximum atomic E-state index is 12.0. The van der Waals surface area contributed by atoms with Gasteiger partial charge in [0.1, 0.15) is 6.10 Å². The van der Waals surface area contributed by atoms with E-state index in [1.807, 2.05) is 27.7 Å². The van der Waals surface area contributed by atoms with Crippen LogP contribution in [0.15, 0.2) is 4.52 Å². The Balaban J connectivity index is 0.00000400. The zero-order valence-electron chi connectivity index (χ0n) is 13.2. The highest BCUT2D eigenvalue weighted by molar-refractivity contribution is 5.85. The van der Waals surface area contributed by atoms with Crippen LogP contribution in [0.5, 0.6) is 0 Å². The zero-order chi connectivity index (χ0) is 15.3. The summed E-state index contributed by atoms with van der Waals surface area (Å²) >= 11 is 0. The fourth-order valence-corrected chi connectivity index (χ4v) is 1.64. The van der Waals surface area contributed by atoms with E-state index in [-0.39, 0.29) is 36.9 Å². The molecule has 8 heteroatoms.